The zero-order valence-electron chi connectivity index (χ0n) is 40.5. The Bertz CT molecular complexity index is 1560. The molecule has 34 unspecified atom stereocenters. The molecule has 11 rings (SSSR count). The van der Waals surface area contributed by atoms with Gasteiger partial charge in [0, 0.05) is 0 Å². The fourth-order valence-corrected chi connectivity index (χ4v) is 24.8. The van der Waals surface area contributed by atoms with Crippen LogP contribution in [0, 0.1) is 213 Å². The van der Waals surface area contributed by atoms with Crippen molar-refractivity contribution in [1.82, 2.24) is 0 Å². The van der Waals surface area contributed by atoms with Crippen molar-refractivity contribution < 1.29 is 0 Å². The van der Waals surface area contributed by atoms with Gasteiger partial charge in [-0.25, -0.2) is 0 Å². The Morgan fingerprint density at radius 2 is 0.649 bits per heavy atom. The first-order chi connectivity index (χ1) is 26.9. The molecular formula is C57H94. The van der Waals surface area contributed by atoms with Crippen molar-refractivity contribution in [3.05, 3.63) is 0 Å². The predicted molar refractivity (Wildman–Crippen MR) is 240 cm³/mol. The number of hydrogen-bond acceptors (Lipinski definition) is 0. The summed E-state index contributed by atoms with van der Waals surface area (Å²) in [5.74, 6) is 33.4. The van der Waals surface area contributed by atoms with E-state index in [9.17, 15) is 0 Å². The lowest BCUT2D eigenvalue weighted by Crippen LogP contribution is -2.71. The maximum Gasteiger partial charge on any atom is -0.0167 e. The van der Waals surface area contributed by atoms with Gasteiger partial charge in [0.05, 0.1) is 0 Å². The number of fused-ring (bicyclic) bond motifs is 4. The SMILES string of the molecule is CC1CC2C3C(C1C)C(C1C(C)C(C)C(C)C(C)C1C)C1CC(C)C4C(C)C(C)C5CC6C(C)C(C)C(C)C7C8C9C(C)C(C)C(C)C(C)C9CC8C2(C67)C5C4C13. The van der Waals surface area contributed by atoms with E-state index in [2.05, 4.69) is 118 Å². The monoisotopic (exact) mass is 779 g/mol. The first kappa shape index (κ1) is 39.8. The first-order valence-corrected chi connectivity index (χ1v) is 26.9. The summed E-state index contributed by atoms with van der Waals surface area (Å²) in [6.07, 6.45) is 6.47. The molecule has 0 N–H and O–H groups in total. The van der Waals surface area contributed by atoms with Crippen LogP contribution in [-0.4, -0.2) is 0 Å². The van der Waals surface area contributed by atoms with Gasteiger partial charge < -0.3 is 0 Å². The molecule has 11 saturated carbocycles. The molecule has 0 aromatic rings. The molecule has 0 amide bonds. The molecule has 0 nitrogen and oxygen atoms in total. The molecule has 0 saturated heterocycles. The topological polar surface area (TPSA) is 0 Å². The molecule has 0 aromatic heterocycles. The number of hydrogen-bond donors (Lipinski definition) is 0. The third-order valence-electron chi connectivity index (χ3n) is 28.0. The minimum atomic E-state index is 0.620. The Morgan fingerprint density at radius 3 is 1.28 bits per heavy atom. The normalized spacial score (nSPS) is 72.3. The van der Waals surface area contributed by atoms with Crippen LogP contribution in [0.4, 0.5) is 0 Å². The maximum absolute atomic E-state index is 2.87. The third-order valence-corrected chi connectivity index (χ3v) is 28.0. The Hall–Kier alpha value is 0. The zero-order valence-corrected chi connectivity index (χ0v) is 40.5. The molecule has 11 aliphatic carbocycles. The van der Waals surface area contributed by atoms with Crippen molar-refractivity contribution in [3.63, 3.8) is 0 Å². The lowest BCUT2D eigenvalue weighted by Gasteiger charge is -2.76. The van der Waals surface area contributed by atoms with Gasteiger partial charge in [-0.15, -0.1) is 0 Å². The summed E-state index contributed by atoms with van der Waals surface area (Å²) in [4.78, 5) is 0. The molecule has 0 radical (unpaired) electrons. The minimum absolute atomic E-state index is 0.620. The van der Waals surface area contributed by atoms with Gasteiger partial charge in [-0.2, -0.15) is 0 Å². The van der Waals surface area contributed by atoms with Gasteiger partial charge in [0.2, 0.25) is 0 Å². The highest BCUT2D eigenvalue weighted by Crippen LogP contribution is 2.88. The van der Waals surface area contributed by atoms with Gasteiger partial charge in [-0.1, -0.05) is 118 Å². The molecule has 0 aromatic carbocycles. The molecule has 1 spiro atoms. The van der Waals surface area contributed by atoms with Crippen molar-refractivity contribution in [2.24, 2.45) is 213 Å². The van der Waals surface area contributed by atoms with Crippen molar-refractivity contribution in [2.45, 2.75) is 143 Å². The molecule has 0 aliphatic heterocycles. The zero-order chi connectivity index (χ0) is 40.5. The highest BCUT2D eigenvalue weighted by molar-refractivity contribution is 5.31. The number of rotatable bonds is 1. The molecule has 11 aliphatic rings. The maximum atomic E-state index is 2.87. The molecule has 34 atom stereocenters. The Balaban J connectivity index is 1.17. The minimum Gasteiger partial charge on any atom is -0.0622 e. The van der Waals surface area contributed by atoms with E-state index in [1.807, 2.05) is 0 Å². The van der Waals surface area contributed by atoms with Crippen LogP contribution >= 0.6 is 0 Å². The Kier molecular flexibility index (Phi) is 8.95. The third kappa shape index (κ3) is 4.43. The van der Waals surface area contributed by atoms with E-state index in [4.69, 9.17) is 0 Å². The van der Waals surface area contributed by atoms with E-state index in [0.717, 1.165) is 207 Å². The summed E-state index contributed by atoms with van der Waals surface area (Å²) >= 11 is 0. The van der Waals surface area contributed by atoms with Gasteiger partial charge in [-0.3, -0.25) is 0 Å². The molecular weight excluding hydrogens is 685 g/mol. The van der Waals surface area contributed by atoms with Crippen molar-refractivity contribution in [2.75, 3.05) is 0 Å². The average molecular weight is 779 g/mol. The van der Waals surface area contributed by atoms with Gasteiger partial charge in [0.25, 0.3) is 0 Å². The highest BCUT2D eigenvalue weighted by Gasteiger charge is 2.84. The summed E-state index contributed by atoms with van der Waals surface area (Å²) < 4.78 is 0. The van der Waals surface area contributed by atoms with Crippen LogP contribution in [-0.2, 0) is 0 Å². The smallest absolute Gasteiger partial charge is 0.0167 e. The molecule has 322 valence electrons. The van der Waals surface area contributed by atoms with E-state index in [1.165, 1.54) is 0 Å². The lowest BCUT2D eigenvalue weighted by atomic mass is 9.29. The Morgan fingerprint density at radius 1 is 0.228 bits per heavy atom. The van der Waals surface area contributed by atoms with Crippen LogP contribution in [0.1, 0.15) is 143 Å². The van der Waals surface area contributed by atoms with Gasteiger partial charge in [0.1, 0.15) is 0 Å². The molecule has 0 bridgehead atoms. The summed E-state index contributed by atoms with van der Waals surface area (Å²) in [7, 11) is 0. The lowest BCUT2D eigenvalue weighted by molar-refractivity contribution is -0.287. The fraction of sp³-hybridized carbons (Fsp3) is 1.00. The van der Waals surface area contributed by atoms with Gasteiger partial charge >= 0.3 is 0 Å². The van der Waals surface area contributed by atoms with Crippen LogP contribution in [0.5, 0.6) is 0 Å². The predicted octanol–water partition coefficient (Wildman–Crippen LogP) is 14.6. The van der Waals surface area contributed by atoms with Crippen LogP contribution in [0.3, 0.4) is 0 Å². The molecule has 11 fully saturated rings. The Labute approximate surface area is 354 Å². The first-order valence-electron chi connectivity index (χ1n) is 26.9. The summed E-state index contributed by atoms with van der Waals surface area (Å²) in [5.41, 5.74) is 0.620. The molecule has 0 heterocycles. The van der Waals surface area contributed by atoms with E-state index in [0.29, 0.717) is 5.41 Å². The van der Waals surface area contributed by atoms with E-state index < -0.39 is 0 Å². The van der Waals surface area contributed by atoms with Crippen molar-refractivity contribution in [3.8, 4) is 0 Å². The van der Waals surface area contributed by atoms with E-state index in [-0.39, 0.29) is 0 Å². The standard InChI is InChI=1S/C57H94/c1-22-19-43-53-48(24(22)3)50(46-34(13)27(6)25(4)28(7)35(46)14)42-18-23(2)45-38(17)33(12)41-20-40-32(11)30(9)37(16)49-52-44(57(43,55(40)49)56(41)54(45)51(42)53)21-39-31(10)26(5)29(8)36(15)47(39)52/h22-56H,18-21H2,1-17H3. The second-order valence-electron chi connectivity index (χ2n) is 27.5. The van der Waals surface area contributed by atoms with Crippen LogP contribution < -0.4 is 0 Å². The average Bonchev–Trinajstić information content (AvgIpc) is 3.83. The summed E-state index contributed by atoms with van der Waals surface area (Å²) in [6, 6.07) is 0. The second-order valence-corrected chi connectivity index (χ2v) is 27.5. The van der Waals surface area contributed by atoms with Crippen LogP contribution in [0.2, 0.25) is 0 Å². The summed E-state index contributed by atoms with van der Waals surface area (Å²) in [5, 5.41) is 0. The van der Waals surface area contributed by atoms with Gasteiger partial charge in [-0.05, 0) is 238 Å². The van der Waals surface area contributed by atoms with E-state index in [1.54, 1.807) is 25.7 Å². The summed E-state index contributed by atoms with van der Waals surface area (Å²) in [6.45, 7) is 47.5. The van der Waals surface area contributed by atoms with E-state index >= 15 is 0 Å². The largest absolute Gasteiger partial charge is 0.0622 e. The molecule has 0 heteroatoms. The molecule has 57 heavy (non-hydrogen) atoms. The quantitative estimate of drug-likeness (QED) is 0.249. The van der Waals surface area contributed by atoms with Gasteiger partial charge in [0.15, 0.2) is 0 Å². The fourth-order valence-electron chi connectivity index (χ4n) is 24.8. The van der Waals surface area contributed by atoms with Crippen molar-refractivity contribution in [1.29, 1.82) is 0 Å². The van der Waals surface area contributed by atoms with Crippen LogP contribution in [0.15, 0.2) is 0 Å². The van der Waals surface area contributed by atoms with Crippen molar-refractivity contribution >= 4 is 0 Å². The second kappa shape index (κ2) is 12.8. The highest BCUT2D eigenvalue weighted by atomic mass is 14.9. The van der Waals surface area contributed by atoms with Crippen LogP contribution in [0.25, 0.3) is 0 Å².